The molecule has 3 saturated heterocycles. The number of aromatic nitrogens is 1. The third kappa shape index (κ3) is 4.33. The lowest BCUT2D eigenvalue weighted by molar-refractivity contribution is -0.138. The number of pyridine rings is 1. The molecular formula is C19H26FN3O5. The molecule has 1 aromatic rings. The van der Waals surface area contributed by atoms with Gasteiger partial charge in [0, 0.05) is 44.4 Å². The van der Waals surface area contributed by atoms with Crippen molar-refractivity contribution in [3.05, 3.63) is 29.8 Å². The second-order valence-corrected chi connectivity index (χ2v) is 7.46. The molecule has 2 N–H and O–H groups in total. The van der Waals surface area contributed by atoms with E-state index in [-0.39, 0.29) is 23.9 Å². The maximum atomic E-state index is 13.6. The normalized spacial score (nSPS) is 32.5. The Kier molecular flexibility index (Phi) is 6.17. The molecule has 3 aliphatic heterocycles. The van der Waals surface area contributed by atoms with Gasteiger partial charge in [-0.15, -0.1) is 0 Å². The number of fused-ring (bicyclic) bond motifs is 1. The van der Waals surface area contributed by atoms with Crippen molar-refractivity contribution in [3.8, 4) is 0 Å². The number of hydrogen-bond donors (Lipinski definition) is 2. The van der Waals surface area contributed by atoms with Crippen LogP contribution in [0.25, 0.3) is 0 Å². The quantitative estimate of drug-likeness (QED) is 0.692. The van der Waals surface area contributed by atoms with E-state index in [0.29, 0.717) is 57.8 Å². The number of rotatable bonds is 6. The molecule has 3 aliphatic rings. The maximum Gasteiger partial charge on any atom is 0.225 e. The smallest absolute Gasteiger partial charge is 0.225 e. The van der Waals surface area contributed by atoms with Crippen molar-refractivity contribution in [1.29, 1.82) is 0 Å². The first-order valence-electron chi connectivity index (χ1n) is 9.75. The van der Waals surface area contributed by atoms with Crippen LogP contribution in [0.5, 0.6) is 0 Å². The molecule has 1 aromatic heterocycles. The van der Waals surface area contributed by atoms with Crippen LogP contribution in [0, 0.1) is 5.82 Å². The van der Waals surface area contributed by atoms with Crippen LogP contribution in [0.2, 0.25) is 0 Å². The highest BCUT2D eigenvalue weighted by Gasteiger charge is 2.50. The van der Waals surface area contributed by atoms with Crippen molar-refractivity contribution in [1.82, 2.24) is 15.2 Å². The van der Waals surface area contributed by atoms with Gasteiger partial charge in [-0.05, 0) is 6.07 Å². The summed E-state index contributed by atoms with van der Waals surface area (Å²) in [5.74, 6) is -0.309. The van der Waals surface area contributed by atoms with Crippen molar-refractivity contribution in [2.45, 2.75) is 49.9 Å². The van der Waals surface area contributed by atoms with E-state index in [1.807, 2.05) is 0 Å². The molecule has 28 heavy (non-hydrogen) atoms. The first-order chi connectivity index (χ1) is 13.6. The minimum absolute atomic E-state index is 0.0559. The number of aliphatic hydroxyl groups excluding tert-OH is 1. The Hall–Kier alpha value is -1.65. The van der Waals surface area contributed by atoms with Gasteiger partial charge >= 0.3 is 0 Å². The van der Waals surface area contributed by atoms with Crippen molar-refractivity contribution in [3.63, 3.8) is 0 Å². The monoisotopic (exact) mass is 395 g/mol. The molecular weight excluding hydrogens is 369 g/mol. The standard InChI is InChI=1S/C19H26FN3O5/c20-14-10-21-2-1-12(14)9-22-11-16-18(25)19-15(28-16)7-13(27-19)8-17(24)23-3-5-26-6-4-23/h1-2,10,13,15-16,18-19,22,25H,3-9,11H2. The molecule has 5 atom stereocenters. The second-order valence-electron chi connectivity index (χ2n) is 7.46. The molecule has 9 heteroatoms. The molecule has 154 valence electrons. The topological polar surface area (TPSA) is 93.2 Å². The van der Waals surface area contributed by atoms with Crippen LogP contribution >= 0.6 is 0 Å². The largest absolute Gasteiger partial charge is 0.388 e. The molecule has 0 spiro atoms. The summed E-state index contributed by atoms with van der Waals surface area (Å²) in [4.78, 5) is 17.9. The first kappa shape index (κ1) is 19.7. The van der Waals surface area contributed by atoms with Gasteiger partial charge < -0.3 is 29.5 Å². The summed E-state index contributed by atoms with van der Waals surface area (Å²) in [6.07, 6.45) is 1.53. The van der Waals surface area contributed by atoms with E-state index in [1.54, 1.807) is 11.0 Å². The Morgan fingerprint density at radius 1 is 1.36 bits per heavy atom. The predicted octanol–water partition coefficient (Wildman–Crippen LogP) is -0.155. The highest BCUT2D eigenvalue weighted by Crippen LogP contribution is 2.35. The zero-order valence-electron chi connectivity index (χ0n) is 15.6. The summed E-state index contributed by atoms with van der Waals surface area (Å²) in [5.41, 5.74) is 0.514. The lowest BCUT2D eigenvalue weighted by atomic mass is 10.1. The van der Waals surface area contributed by atoms with Crippen LogP contribution in [0.3, 0.4) is 0 Å². The van der Waals surface area contributed by atoms with Gasteiger partial charge in [-0.1, -0.05) is 0 Å². The summed E-state index contributed by atoms with van der Waals surface area (Å²) >= 11 is 0. The number of halogens is 1. The highest BCUT2D eigenvalue weighted by molar-refractivity contribution is 5.76. The predicted molar refractivity (Wildman–Crippen MR) is 95.9 cm³/mol. The number of amides is 1. The summed E-state index contributed by atoms with van der Waals surface area (Å²) in [7, 11) is 0. The van der Waals surface area contributed by atoms with Crippen LogP contribution in [0.15, 0.2) is 18.5 Å². The number of aliphatic hydroxyl groups is 1. The van der Waals surface area contributed by atoms with E-state index >= 15 is 0 Å². The van der Waals surface area contributed by atoms with E-state index in [9.17, 15) is 14.3 Å². The van der Waals surface area contributed by atoms with Gasteiger partial charge in [0.25, 0.3) is 0 Å². The van der Waals surface area contributed by atoms with E-state index in [0.717, 1.165) is 0 Å². The summed E-state index contributed by atoms with van der Waals surface area (Å²) in [5, 5.41) is 13.6. The van der Waals surface area contributed by atoms with E-state index in [1.165, 1.54) is 12.4 Å². The molecule has 3 fully saturated rings. The fourth-order valence-corrected chi connectivity index (χ4v) is 4.04. The molecule has 0 radical (unpaired) electrons. The number of carbonyl (C=O) groups is 1. The van der Waals surface area contributed by atoms with Crippen molar-refractivity contribution in [2.75, 3.05) is 32.8 Å². The lowest BCUT2D eigenvalue weighted by Gasteiger charge is -2.28. The molecule has 4 heterocycles. The Morgan fingerprint density at radius 3 is 2.93 bits per heavy atom. The van der Waals surface area contributed by atoms with Gasteiger partial charge in [-0.25, -0.2) is 4.39 Å². The molecule has 0 aliphatic carbocycles. The molecule has 0 aromatic carbocycles. The fourth-order valence-electron chi connectivity index (χ4n) is 4.04. The van der Waals surface area contributed by atoms with Crippen LogP contribution in [0.1, 0.15) is 18.4 Å². The van der Waals surface area contributed by atoms with E-state index < -0.39 is 18.3 Å². The SMILES string of the molecule is O=C(CC1CC2OC(CNCc3ccncc3F)C(O)C2O1)N1CCOCC1. The first-order valence-corrected chi connectivity index (χ1v) is 9.75. The summed E-state index contributed by atoms with van der Waals surface area (Å²) in [6, 6.07) is 1.61. The molecule has 0 saturated carbocycles. The Bertz CT molecular complexity index is 687. The van der Waals surface area contributed by atoms with Crippen LogP contribution in [0.4, 0.5) is 4.39 Å². The Labute approximate surface area is 163 Å². The average molecular weight is 395 g/mol. The average Bonchev–Trinajstić information content (AvgIpc) is 3.22. The number of nitrogens with one attached hydrogen (secondary N) is 1. The molecule has 4 rings (SSSR count). The fraction of sp³-hybridized carbons (Fsp3) is 0.684. The maximum absolute atomic E-state index is 13.6. The van der Waals surface area contributed by atoms with Gasteiger partial charge in [0.05, 0.1) is 44.1 Å². The minimum Gasteiger partial charge on any atom is -0.388 e. The second kappa shape index (κ2) is 8.79. The molecule has 1 amide bonds. The highest BCUT2D eigenvalue weighted by atomic mass is 19.1. The third-order valence-electron chi connectivity index (χ3n) is 5.56. The van der Waals surface area contributed by atoms with Gasteiger partial charge in [0.2, 0.25) is 5.91 Å². The third-order valence-corrected chi connectivity index (χ3v) is 5.56. The van der Waals surface area contributed by atoms with Crippen LogP contribution in [-0.2, 0) is 25.5 Å². The Morgan fingerprint density at radius 2 is 2.18 bits per heavy atom. The van der Waals surface area contributed by atoms with Crippen molar-refractivity contribution < 1.29 is 28.5 Å². The molecule has 0 bridgehead atoms. The molecule has 8 nitrogen and oxygen atoms in total. The number of ether oxygens (including phenoxy) is 3. The van der Waals surface area contributed by atoms with E-state index in [2.05, 4.69) is 10.3 Å². The number of carbonyl (C=O) groups excluding carboxylic acids is 1. The zero-order valence-corrected chi connectivity index (χ0v) is 15.6. The van der Waals surface area contributed by atoms with Crippen LogP contribution < -0.4 is 5.32 Å². The van der Waals surface area contributed by atoms with Crippen molar-refractivity contribution >= 4 is 5.91 Å². The van der Waals surface area contributed by atoms with Gasteiger partial charge in [0.15, 0.2) is 0 Å². The van der Waals surface area contributed by atoms with Gasteiger partial charge in [0.1, 0.15) is 18.0 Å². The number of hydrogen-bond acceptors (Lipinski definition) is 7. The number of nitrogens with zero attached hydrogens (tertiary/aromatic N) is 2. The Balaban J connectivity index is 1.22. The minimum atomic E-state index is -0.775. The van der Waals surface area contributed by atoms with Crippen molar-refractivity contribution in [2.24, 2.45) is 0 Å². The van der Waals surface area contributed by atoms with Crippen LogP contribution in [-0.4, -0.2) is 84.3 Å². The lowest BCUT2D eigenvalue weighted by Crippen LogP contribution is -2.42. The summed E-state index contributed by atoms with van der Waals surface area (Å²) < 4.78 is 30.7. The van der Waals surface area contributed by atoms with E-state index in [4.69, 9.17) is 14.2 Å². The zero-order chi connectivity index (χ0) is 19.5. The summed E-state index contributed by atoms with van der Waals surface area (Å²) in [6.45, 7) is 3.09. The van der Waals surface area contributed by atoms with Gasteiger partial charge in [-0.3, -0.25) is 9.78 Å². The number of morpholine rings is 1. The molecule has 5 unspecified atom stereocenters. The van der Waals surface area contributed by atoms with Gasteiger partial charge in [-0.2, -0.15) is 0 Å².